The van der Waals surface area contributed by atoms with Crippen LogP contribution in [0.1, 0.15) is 5.56 Å². The van der Waals surface area contributed by atoms with Gasteiger partial charge in [-0.2, -0.15) is 5.10 Å². The molecule has 0 aliphatic heterocycles. The van der Waals surface area contributed by atoms with E-state index in [9.17, 15) is 9.18 Å². The second-order valence-electron chi connectivity index (χ2n) is 6.72. The molecule has 0 saturated carbocycles. The summed E-state index contributed by atoms with van der Waals surface area (Å²) in [5, 5.41) is 5.14. The molecule has 150 valence electrons. The van der Waals surface area contributed by atoms with Crippen LogP contribution in [0, 0.1) is 5.82 Å². The average Bonchev–Trinajstić information content (AvgIpc) is 3.06. The summed E-state index contributed by atoms with van der Waals surface area (Å²) in [4.78, 5) is 12.1. The molecular weight excluding hydrogens is 381 g/mol. The summed E-state index contributed by atoms with van der Waals surface area (Å²) in [6.07, 6.45) is 1.63. The van der Waals surface area contributed by atoms with Gasteiger partial charge in [0.25, 0.3) is 5.91 Å². The molecule has 0 atom stereocenters. The van der Waals surface area contributed by atoms with Crippen LogP contribution >= 0.6 is 0 Å². The number of hydrazone groups is 1. The van der Waals surface area contributed by atoms with Gasteiger partial charge in [-0.15, -0.1) is 0 Å². The Balaban J connectivity index is 1.55. The monoisotopic (exact) mass is 401 g/mol. The van der Waals surface area contributed by atoms with E-state index in [0.29, 0.717) is 0 Å². The fourth-order valence-corrected chi connectivity index (χ4v) is 3.40. The first kappa shape index (κ1) is 19.4. The fraction of sp³-hybridized carbons (Fsp3) is 0.0833. The lowest BCUT2D eigenvalue weighted by Crippen LogP contribution is -2.24. The first-order chi connectivity index (χ1) is 14.6. The Hall–Kier alpha value is -3.93. The summed E-state index contributed by atoms with van der Waals surface area (Å²) in [5.41, 5.74) is 6.45. The SMILES string of the molecule is Cn1c(-c2ccccc2)c(C=NNC(=O)COc2ccccc2F)c2ccccc21. The number of amides is 1. The minimum absolute atomic E-state index is 0.0250. The smallest absolute Gasteiger partial charge is 0.277 e. The molecule has 3 aromatic carbocycles. The molecule has 0 fully saturated rings. The topological polar surface area (TPSA) is 55.6 Å². The molecule has 1 amide bonds. The van der Waals surface area contributed by atoms with Gasteiger partial charge in [0, 0.05) is 23.5 Å². The van der Waals surface area contributed by atoms with E-state index in [1.54, 1.807) is 18.3 Å². The van der Waals surface area contributed by atoms with Crippen molar-refractivity contribution < 1.29 is 13.9 Å². The summed E-state index contributed by atoms with van der Waals surface area (Å²) in [7, 11) is 2.00. The normalized spacial score (nSPS) is 11.1. The second-order valence-corrected chi connectivity index (χ2v) is 6.72. The standard InChI is InChI=1S/C24H20FN3O2/c1-28-21-13-7-5-11-18(21)19(24(28)17-9-3-2-4-10-17)15-26-27-23(29)16-30-22-14-8-6-12-20(22)25/h2-15H,16H2,1H3,(H,27,29). The van der Waals surface area contributed by atoms with Gasteiger partial charge in [-0.25, -0.2) is 9.82 Å². The van der Waals surface area contributed by atoms with Crippen LogP contribution in [0.4, 0.5) is 4.39 Å². The van der Waals surface area contributed by atoms with Gasteiger partial charge in [-0.05, 0) is 23.8 Å². The lowest BCUT2D eigenvalue weighted by atomic mass is 10.1. The number of hydrogen-bond acceptors (Lipinski definition) is 3. The Kier molecular flexibility index (Phi) is 5.57. The molecule has 5 nitrogen and oxygen atoms in total. The summed E-state index contributed by atoms with van der Waals surface area (Å²) in [5.74, 6) is -0.967. The van der Waals surface area contributed by atoms with Crippen molar-refractivity contribution in [3.05, 3.63) is 90.2 Å². The maximum absolute atomic E-state index is 13.6. The molecular formula is C24H20FN3O2. The summed E-state index contributed by atoms with van der Waals surface area (Å²) in [6, 6.07) is 24.0. The zero-order valence-corrected chi connectivity index (χ0v) is 16.4. The highest BCUT2D eigenvalue weighted by molar-refractivity contribution is 6.06. The molecule has 0 bridgehead atoms. The second kappa shape index (κ2) is 8.61. The number of hydrogen-bond donors (Lipinski definition) is 1. The predicted octanol–water partition coefficient (Wildman–Crippen LogP) is 4.51. The van der Waals surface area contributed by atoms with Crippen LogP contribution in [0.15, 0.2) is 84.0 Å². The third-order valence-corrected chi connectivity index (χ3v) is 4.77. The van der Waals surface area contributed by atoms with Crippen molar-refractivity contribution in [3.63, 3.8) is 0 Å². The quantitative estimate of drug-likeness (QED) is 0.382. The van der Waals surface area contributed by atoms with Gasteiger partial charge in [0.2, 0.25) is 0 Å². The van der Waals surface area contributed by atoms with Gasteiger partial charge in [0.15, 0.2) is 18.2 Å². The van der Waals surface area contributed by atoms with Gasteiger partial charge in [-0.1, -0.05) is 60.7 Å². The molecule has 1 N–H and O–H groups in total. The Morgan fingerprint density at radius 1 is 1.03 bits per heavy atom. The number of para-hydroxylation sites is 2. The molecule has 0 saturated heterocycles. The molecule has 0 radical (unpaired) electrons. The molecule has 30 heavy (non-hydrogen) atoms. The van der Waals surface area contributed by atoms with E-state index >= 15 is 0 Å². The molecule has 1 heterocycles. The lowest BCUT2D eigenvalue weighted by Gasteiger charge is -2.06. The van der Waals surface area contributed by atoms with E-state index in [0.717, 1.165) is 27.7 Å². The van der Waals surface area contributed by atoms with E-state index in [1.165, 1.54) is 12.1 Å². The molecule has 1 aromatic heterocycles. The number of carbonyl (C=O) groups excluding carboxylic acids is 1. The zero-order chi connectivity index (χ0) is 20.9. The fourth-order valence-electron chi connectivity index (χ4n) is 3.40. The van der Waals surface area contributed by atoms with Crippen LogP contribution in [0.3, 0.4) is 0 Å². The number of carbonyl (C=O) groups is 1. The van der Waals surface area contributed by atoms with Gasteiger partial charge < -0.3 is 9.30 Å². The minimum atomic E-state index is -0.517. The van der Waals surface area contributed by atoms with Crippen LogP contribution < -0.4 is 10.2 Å². The van der Waals surface area contributed by atoms with Gasteiger partial charge >= 0.3 is 0 Å². The number of nitrogens with one attached hydrogen (secondary N) is 1. The molecule has 0 aliphatic carbocycles. The van der Waals surface area contributed by atoms with Crippen molar-refractivity contribution in [2.45, 2.75) is 0 Å². The van der Waals surface area contributed by atoms with E-state index in [1.807, 2.05) is 61.6 Å². The van der Waals surface area contributed by atoms with Crippen molar-refractivity contribution >= 4 is 23.0 Å². The van der Waals surface area contributed by atoms with Crippen molar-refractivity contribution in [1.82, 2.24) is 9.99 Å². The highest BCUT2D eigenvalue weighted by atomic mass is 19.1. The Labute approximate surface area is 173 Å². The summed E-state index contributed by atoms with van der Waals surface area (Å²) < 4.78 is 20.9. The lowest BCUT2D eigenvalue weighted by molar-refractivity contribution is -0.123. The summed E-state index contributed by atoms with van der Waals surface area (Å²) >= 11 is 0. The van der Waals surface area contributed by atoms with Crippen LogP contribution in [0.5, 0.6) is 5.75 Å². The number of aromatic nitrogens is 1. The Morgan fingerprint density at radius 2 is 1.73 bits per heavy atom. The third-order valence-electron chi connectivity index (χ3n) is 4.77. The van der Waals surface area contributed by atoms with E-state index in [4.69, 9.17) is 4.74 Å². The first-order valence-corrected chi connectivity index (χ1v) is 9.47. The summed E-state index contributed by atoms with van der Waals surface area (Å²) in [6.45, 7) is -0.334. The highest BCUT2D eigenvalue weighted by Crippen LogP contribution is 2.31. The highest BCUT2D eigenvalue weighted by Gasteiger charge is 2.15. The number of ether oxygens (including phenoxy) is 1. The average molecular weight is 401 g/mol. The predicted molar refractivity (Wildman–Crippen MR) is 116 cm³/mol. The molecule has 0 unspecified atom stereocenters. The van der Waals surface area contributed by atoms with Crippen LogP contribution in [0.2, 0.25) is 0 Å². The number of halogens is 1. The minimum Gasteiger partial charge on any atom is -0.481 e. The maximum atomic E-state index is 13.6. The van der Waals surface area contributed by atoms with Crippen molar-refractivity contribution in [1.29, 1.82) is 0 Å². The van der Waals surface area contributed by atoms with E-state index in [-0.39, 0.29) is 12.4 Å². The molecule has 6 heteroatoms. The van der Waals surface area contributed by atoms with Crippen LogP contribution in [-0.4, -0.2) is 23.3 Å². The van der Waals surface area contributed by atoms with Gasteiger partial charge in [0.1, 0.15) is 0 Å². The van der Waals surface area contributed by atoms with Gasteiger partial charge in [-0.3, -0.25) is 4.79 Å². The van der Waals surface area contributed by atoms with Crippen molar-refractivity contribution in [2.75, 3.05) is 6.61 Å². The largest absolute Gasteiger partial charge is 0.481 e. The molecule has 0 spiro atoms. The third kappa shape index (κ3) is 3.93. The molecule has 4 rings (SSSR count). The van der Waals surface area contributed by atoms with Gasteiger partial charge in [0.05, 0.1) is 11.9 Å². The number of nitrogens with zero attached hydrogens (tertiary/aromatic N) is 2. The van der Waals surface area contributed by atoms with Crippen LogP contribution in [0.25, 0.3) is 22.2 Å². The van der Waals surface area contributed by atoms with E-state index < -0.39 is 11.7 Å². The number of aryl methyl sites for hydroxylation is 1. The number of fused-ring (bicyclic) bond motifs is 1. The number of benzene rings is 3. The maximum Gasteiger partial charge on any atom is 0.277 e. The first-order valence-electron chi connectivity index (χ1n) is 9.47. The van der Waals surface area contributed by atoms with Crippen molar-refractivity contribution in [2.24, 2.45) is 12.1 Å². The Morgan fingerprint density at radius 3 is 2.53 bits per heavy atom. The van der Waals surface area contributed by atoms with Crippen molar-refractivity contribution in [3.8, 4) is 17.0 Å². The van der Waals surface area contributed by atoms with E-state index in [2.05, 4.69) is 15.1 Å². The zero-order valence-electron chi connectivity index (χ0n) is 16.4. The molecule has 0 aliphatic rings. The Bertz CT molecular complexity index is 1220. The van der Waals surface area contributed by atoms with Crippen LogP contribution in [-0.2, 0) is 11.8 Å². The molecule has 4 aromatic rings. The number of rotatable bonds is 6.